The number of hydrogen-bond acceptors (Lipinski definition) is 3. The van der Waals surface area contributed by atoms with E-state index in [1.54, 1.807) is 0 Å². The summed E-state index contributed by atoms with van der Waals surface area (Å²) in [6.45, 7) is 5.41. The Balaban J connectivity index is 0.00000200. The summed E-state index contributed by atoms with van der Waals surface area (Å²) >= 11 is 0. The molecule has 2 N–H and O–H groups in total. The fourth-order valence-corrected chi connectivity index (χ4v) is 3.36. The first-order valence-corrected chi connectivity index (χ1v) is 7.91. The summed E-state index contributed by atoms with van der Waals surface area (Å²) < 4.78 is 5.87. The molecule has 1 heterocycles. The number of ether oxygens (including phenoxy) is 1. The number of carbonyl (C=O) groups excluding carboxylic acids is 1. The molecule has 1 saturated heterocycles. The maximum absolute atomic E-state index is 11.9. The Labute approximate surface area is 128 Å². The van der Waals surface area contributed by atoms with Crippen LogP contribution in [0.2, 0.25) is 0 Å². The first-order valence-electron chi connectivity index (χ1n) is 7.91. The molecule has 1 saturated carbocycles. The van der Waals surface area contributed by atoms with Gasteiger partial charge in [0.25, 0.3) is 0 Å². The van der Waals surface area contributed by atoms with E-state index in [9.17, 15) is 4.79 Å². The third kappa shape index (κ3) is 5.23. The van der Waals surface area contributed by atoms with Crippen LogP contribution in [0.3, 0.4) is 0 Å². The second-order valence-corrected chi connectivity index (χ2v) is 5.81. The van der Waals surface area contributed by atoms with E-state index in [4.69, 9.17) is 4.74 Å². The van der Waals surface area contributed by atoms with Gasteiger partial charge in [0.1, 0.15) is 0 Å². The molecule has 2 rings (SSSR count). The van der Waals surface area contributed by atoms with Gasteiger partial charge in [0.2, 0.25) is 5.91 Å². The SMILES string of the molecule is CCOC(CCNC(=O)C1CCNC1)C1CCCC1.Cl. The molecule has 0 bridgehead atoms. The van der Waals surface area contributed by atoms with E-state index < -0.39 is 0 Å². The van der Waals surface area contributed by atoms with Gasteiger partial charge in [-0.3, -0.25) is 4.79 Å². The normalized spacial score (nSPS) is 24.4. The summed E-state index contributed by atoms with van der Waals surface area (Å²) in [5.41, 5.74) is 0. The molecular formula is C15H29ClN2O2. The highest BCUT2D eigenvalue weighted by Gasteiger charge is 2.26. The van der Waals surface area contributed by atoms with E-state index in [2.05, 4.69) is 17.6 Å². The molecule has 1 aliphatic heterocycles. The van der Waals surface area contributed by atoms with Crippen molar-refractivity contribution in [2.24, 2.45) is 11.8 Å². The van der Waals surface area contributed by atoms with Crippen LogP contribution in [0.15, 0.2) is 0 Å². The van der Waals surface area contributed by atoms with Gasteiger partial charge in [-0.05, 0) is 45.1 Å². The van der Waals surface area contributed by atoms with Gasteiger partial charge in [-0.15, -0.1) is 12.4 Å². The summed E-state index contributed by atoms with van der Waals surface area (Å²) in [7, 11) is 0. The van der Waals surface area contributed by atoms with E-state index in [0.717, 1.165) is 39.1 Å². The van der Waals surface area contributed by atoms with Gasteiger partial charge >= 0.3 is 0 Å². The molecule has 4 nitrogen and oxygen atoms in total. The summed E-state index contributed by atoms with van der Waals surface area (Å²) in [5, 5.41) is 6.31. The molecule has 2 atom stereocenters. The van der Waals surface area contributed by atoms with Crippen LogP contribution in [0.5, 0.6) is 0 Å². The van der Waals surface area contributed by atoms with Crippen LogP contribution >= 0.6 is 12.4 Å². The van der Waals surface area contributed by atoms with Crippen LogP contribution in [-0.4, -0.2) is 38.3 Å². The summed E-state index contributed by atoms with van der Waals surface area (Å²) in [6.07, 6.45) is 7.56. The molecule has 2 unspecified atom stereocenters. The Morgan fingerprint density at radius 2 is 2.10 bits per heavy atom. The third-order valence-electron chi connectivity index (χ3n) is 4.47. The summed E-state index contributed by atoms with van der Waals surface area (Å²) in [5.74, 6) is 1.11. The topological polar surface area (TPSA) is 50.4 Å². The Hall–Kier alpha value is -0.320. The van der Waals surface area contributed by atoms with Crippen LogP contribution < -0.4 is 10.6 Å². The number of rotatable bonds is 7. The van der Waals surface area contributed by atoms with E-state index in [1.807, 2.05) is 0 Å². The van der Waals surface area contributed by atoms with Crippen molar-refractivity contribution in [1.82, 2.24) is 10.6 Å². The van der Waals surface area contributed by atoms with Gasteiger partial charge in [0.15, 0.2) is 0 Å². The Bertz CT molecular complexity index is 277. The smallest absolute Gasteiger partial charge is 0.224 e. The molecule has 0 aromatic heterocycles. The van der Waals surface area contributed by atoms with Gasteiger partial charge in [-0.1, -0.05) is 12.8 Å². The summed E-state index contributed by atoms with van der Waals surface area (Å²) in [6, 6.07) is 0. The molecule has 1 amide bonds. The molecule has 0 radical (unpaired) electrons. The highest BCUT2D eigenvalue weighted by atomic mass is 35.5. The van der Waals surface area contributed by atoms with Crippen molar-refractivity contribution < 1.29 is 9.53 Å². The maximum atomic E-state index is 11.9. The predicted molar refractivity (Wildman–Crippen MR) is 83.2 cm³/mol. The Kier molecular flexibility index (Phi) is 8.50. The van der Waals surface area contributed by atoms with E-state index >= 15 is 0 Å². The third-order valence-corrected chi connectivity index (χ3v) is 4.47. The lowest BCUT2D eigenvalue weighted by atomic mass is 9.98. The van der Waals surface area contributed by atoms with Gasteiger partial charge < -0.3 is 15.4 Å². The molecular weight excluding hydrogens is 276 g/mol. The lowest BCUT2D eigenvalue weighted by Gasteiger charge is -2.23. The Morgan fingerprint density at radius 1 is 1.35 bits per heavy atom. The molecule has 0 spiro atoms. The molecule has 20 heavy (non-hydrogen) atoms. The minimum Gasteiger partial charge on any atom is -0.378 e. The number of nitrogens with one attached hydrogen (secondary N) is 2. The second-order valence-electron chi connectivity index (χ2n) is 5.81. The number of hydrogen-bond donors (Lipinski definition) is 2. The predicted octanol–water partition coefficient (Wildman–Crippen LogP) is 2.12. The fourth-order valence-electron chi connectivity index (χ4n) is 3.36. The van der Waals surface area contributed by atoms with E-state index in [0.29, 0.717) is 12.0 Å². The largest absolute Gasteiger partial charge is 0.378 e. The van der Waals surface area contributed by atoms with Gasteiger partial charge in [-0.25, -0.2) is 0 Å². The first kappa shape index (κ1) is 17.7. The van der Waals surface area contributed by atoms with Crippen molar-refractivity contribution in [3.63, 3.8) is 0 Å². The number of carbonyl (C=O) groups is 1. The van der Waals surface area contributed by atoms with Crippen molar-refractivity contribution in [1.29, 1.82) is 0 Å². The van der Waals surface area contributed by atoms with Crippen LogP contribution in [0.4, 0.5) is 0 Å². The average Bonchev–Trinajstić information content (AvgIpc) is 3.10. The standard InChI is InChI=1S/C15H28N2O2.ClH/c1-2-19-14(12-5-3-4-6-12)8-10-17-15(18)13-7-9-16-11-13;/h12-14,16H,2-11H2,1H3,(H,17,18);1H. The van der Waals surface area contributed by atoms with Gasteiger partial charge in [0.05, 0.1) is 12.0 Å². The average molecular weight is 305 g/mol. The number of halogens is 1. The number of amides is 1. The molecule has 0 aromatic rings. The minimum atomic E-state index is 0. The quantitative estimate of drug-likeness (QED) is 0.757. The Morgan fingerprint density at radius 3 is 2.70 bits per heavy atom. The second kappa shape index (κ2) is 9.59. The van der Waals surface area contributed by atoms with Crippen LogP contribution in [0.1, 0.15) is 45.4 Å². The zero-order valence-electron chi connectivity index (χ0n) is 12.5. The molecule has 2 fully saturated rings. The zero-order chi connectivity index (χ0) is 13.5. The van der Waals surface area contributed by atoms with E-state index in [1.165, 1.54) is 25.7 Å². The van der Waals surface area contributed by atoms with Crippen molar-refractivity contribution in [3.8, 4) is 0 Å². The van der Waals surface area contributed by atoms with Crippen LogP contribution in [0, 0.1) is 11.8 Å². The zero-order valence-corrected chi connectivity index (χ0v) is 13.3. The monoisotopic (exact) mass is 304 g/mol. The minimum absolute atomic E-state index is 0. The summed E-state index contributed by atoms with van der Waals surface area (Å²) in [4.78, 5) is 11.9. The van der Waals surface area contributed by atoms with E-state index in [-0.39, 0.29) is 24.2 Å². The highest BCUT2D eigenvalue weighted by molar-refractivity contribution is 5.85. The first-order chi connectivity index (χ1) is 9.31. The highest BCUT2D eigenvalue weighted by Crippen LogP contribution is 2.30. The molecule has 1 aliphatic carbocycles. The van der Waals surface area contributed by atoms with Crippen molar-refractivity contribution in [2.75, 3.05) is 26.2 Å². The van der Waals surface area contributed by atoms with Crippen LogP contribution in [0.25, 0.3) is 0 Å². The van der Waals surface area contributed by atoms with Crippen molar-refractivity contribution in [2.45, 2.75) is 51.6 Å². The van der Waals surface area contributed by atoms with Crippen LogP contribution in [-0.2, 0) is 9.53 Å². The maximum Gasteiger partial charge on any atom is 0.224 e. The van der Waals surface area contributed by atoms with Crippen molar-refractivity contribution >= 4 is 18.3 Å². The lowest BCUT2D eigenvalue weighted by molar-refractivity contribution is -0.124. The molecule has 118 valence electrons. The van der Waals surface area contributed by atoms with Crippen molar-refractivity contribution in [3.05, 3.63) is 0 Å². The molecule has 5 heteroatoms. The molecule has 0 aromatic carbocycles. The van der Waals surface area contributed by atoms with Gasteiger partial charge in [0, 0.05) is 19.7 Å². The fraction of sp³-hybridized carbons (Fsp3) is 0.933. The lowest BCUT2D eigenvalue weighted by Crippen LogP contribution is -2.35. The molecule has 2 aliphatic rings. The van der Waals surface area contributed by atoms with Gasteiger partial charge in [-0.2, -0.15) is 0 Å².